The number of ether oxygens (including phenoxy) is 4. The van der Waals surface area contributed by atoms with Gasteiger partial charge in [-0.05, 0) is 58.7 Å². The molecule has 210 valence electrons. The summed E-state index contributed by atoms with van der Waals surface area (Å²) >= 11 is 0. The van der Waals surface area contributed by atoms with Gasteiger partial charge in [0.1, 0.15) is 17.5 Å². The van der Waals surface area contributed by atoms with Crippen molar-refractivity contribution in [3.8, 4) is 11.6 Å². The number of aromatic nitrogens is 2. The van der Waals surface area contributed by atoms with Gasteiger partial charge in [-0.2, -0.15) is 0 Å². The van der Waals surface area contributed by atoms with Crippen molar-refractivity contribution in [3.63, 3.8) is 0 Å². The first-order valence-corrected chi connectivity index (χ1v) is 13.9. The maximum atomic E-state index is 14.1. The van der Waals surface area contributed by atoms with Crippen LogP contribution in [-0.4, -0.2) is 62.1 Å². The van der Waals surface area contributed by atoms with Crippen molar-refractivity contribution in [2.24, 2.45) is 13.0 Å². The van der Waals surface area contributed by atoms with E-state index in [1.165, 1.54) is 16.1 Å². The molecule has 1 aliphatic rings. The number of aryl methyl sites for hydroxylation is 1. The van der Waals surface area contributed by atoms with E-state index in [9.17, 15) is 18.0 Å². The van der Waals surface area contributed by atoms with Crippen LogP contribution in [0.3, 0.4) is 0 Å². The zero-order chi connectivity index (χ0) is 28.4. The van der Waals surface area contributed by atoms with E-state index in [1.807, 2.05) is 0 Å². The zero-order valence-corrected chi connectivity index (χ0v) is 24.0. The minimum absolute atomic E-state index is 0.0283. The summed E-state index contributed by atoms with van der Waals surface area (Å²) in [6.07, 6.45) is -0.430. The predicted octanol–water partition coefficient (Wildman–Crippen LogP) is 3.17. The number of anilines is 1. The fourth-order valence-electron chi connectivity index (χ4n) is 4.24. The number of fused-ring (bicyclic) bond motifs is 1. The van der Waals surface area contributed by atoms with Crippen LogP contribution in [0.1, 0.15) is 52.3 Å². The Morgan fingerprint density at radius 1 is 1.26 bits per heavy atom. The minimum atomic E-state index is -4.19. The molecule has 12 heteroatoms. The van der Waals surface area contributed by atoms with Crippen LogP contribution < -0.4 is 13.8 Å². The molecular weight excluding hydrogens is 514 g/mol. The molecule has 0 aliphatic carbocycles. The number of sulfonamides is 1. The molecular formula is C26H37N3O8S. The topological polar surface area (TPSA) is 126 Å². The first kappa shape index (κ1) is 29.3. The van der Waals surface area contributed by atoms with Crippen LogP contribution in [0.15, 0.2) is 23.1 Å². The Balaban J connectivity index is 2.05. The van der Waals surface area contributed by atoms with Crippen LogP contribution in [0.25, 0.3) is 0 Å². The minimum Gasteiger partial charge on any atom is -0.486 e. The molecule has 0 unspecified atom stereocenters. The Kier molecular flexibility index (Phi) is 8.65. The van der Waals surface area contributed by atoms with E-state index in [0.717, 1.165) is 0 Å². The van der Waals surface area contributed by atoms with Crippen molar-refractivity contribution in [2.45, 2.75) is 71.0 Å². The van der Waals surface area contributed by atoms with E-state index >= 15 is 0 Å². The number of rotatable bonds is 9. The van der Waals surface area contributed by atoms with Gasteiger partial charge in [0, 0.05) is 7.05 Å². The Labute approximate surface area is 224 Å². The van der Waals surface area contributed by atoms with Crippen LogP contribution in [0.4, 0.5) is 5.69 Å². The van der Waals surface area contributed by atoms with Gasteiger partial charge in [0.2, 0.25) is 0 Å². The average Bonchev–Trinajstić information content (AvgIpc) is 3.11. The molecule has 0 amide bonds. The molecule has 2 heterocycles. The Morgan fingerprint density at radius 3 is 2.55 bits per heavy atom. The lowest BCUT2D eigenvalue weighted by molar-refractivity contribution is -0.154. The number of carbonyl (C=O) groups is 2. The molecule has 0 saturated heterocycles. The summed E-state index contributed by atoms with van der Waals surface area (Å²) in [6, 6.07) is 4.94. The third kappa shape index (κ3) is 6.40. The molecule has 0 spiro atoms. The molecule has 0 radical (unpaired) electrons. The molecule has 3 rings (SSSR count). The number of esters is 2. The van der Waals surface area contributed by atoms with Crippen molar-refractivity contribution in [1.82, 2.24) is 9.78 Å². The van der Waals surface area contributed by atoms with Crippen molar-refractivity contribution < 1.29 is 37.0 Å². The largest absolute Gasteiger partial charge is 0.486 e. The van der Waals surface area contributed by atoms with E-state index in [2.05, 4.69) is 5.10 Å². The quantitative estimate of drug-likeness (QED) is 0.432. The lowest BCUT2D eigenvalue weighted by Gasteiger charge is -2.36. The fraction of sp³-hybridized carbons (Fsp3) is 0.577. The number of hydrogen-bond acceptors (Lipinski definition) is 9. The van der Waals surface area contributed by atoms with Gasteiger partial charge in [0.05, 0.1) is 44.0 Å². The van der Waals surface area contributed by atoms with Crippen LogP contribution in [0.5, 0.6) is 11.6 Å². The smallest absolute Gasteiger partial charge is 0.310 e. The van der Waals surface area contributed by atoms with Gasteiger partial charge in [-0.1, -0.05) is 13.0 Å². The summed E-state index contributed by atoms with van der Waals surface area (Å²) in [6.45, 7) is 10.6. The van der Waals surface area contributed by atoms with Gasteiger partial charge < -0.3 is 18.9 Å². The van der Waals surface area contributed by atoms with Crippen LogP contribution in [0, 0.1) is 12.8 Å². The molecule has 0 N–H and O–H groups in total. The normalized spacial score (nSPS) is 16.3. The van der Waals surface area contributed by atoms with Gasteiger partial charge in [0.25, 0.3) is 15.9 Å². The van der Waals surface area contributed by atoms with E-state index in [1.54, 1.807) is 66.8 Å². The summed E-state index contributed by atoms with van der Waals surface area (Å²) in [5, 5.41) is 4.18. The zero-order valence-electron chi connectivity index (χ0n) is 23.2. The number of nitrogens with zero attached hydrogens (tertiary/aromatic N) is 3. The second-order valence-corrected chi connectivity index (χ2v) is 12.1. The van der Waals surface area contributed by atoms with Gasteiger partial charge in [-0.25, -0.2) is 8.42 Å². The Morgan fingerprint density at radius 2 is 1.95 bits per heavy atom. The lowest BCUT2D eigenvalue weighted by atomic mass is 10.0. The summed E-state index contributed by atoms with van der Waals surface area (Å²) in [7, 11) is -1.20. The highest BCUT2D eigenvalue weighted by molar-refractivity contribution is 7.93. The van der Waals surface area contributed by atoms with Gasteiger partial charge in [-0.3, -0.25) is 18.6 Å². The van der Waals surface area contributed by atoms with Crippen LogP contribution >= 0.6 is 0 Å². The highest BCUT2D eigenvalue weighted by Crippen LogP contribution is 2.41. The second kappa shape index (κ2) is 11.2. The van der Waals surface area contributed by atoms with Gasteiger partial charge in [0.15, 0.2) is 4.90 Å². The van der Waals surface area contributed by atoms with E-state index in [4.69, 9.17) is 18.9 Å². The predicted molar refractivity (Wildman–Crippen MR) is 140 cm³/mol. The standard InChI is InChI=1S/C26H37N3O8S/c1-9-35-25(31)16(2)12-19-15-29(38(32,33)23-17(3)28(7)27-24(23)34-8)20-13-18(10-11-21(20)36-19)14-22(30)37-26(4,5)6/h10-11,13,16,19H,9,12,14-15H2,1-8H3/t16-,19-/m0/s1. The summed E-state index contributed by atoms with van der Waals surface area (Å²) < 4.78 is 52.9. The van der Waals surface area contributed by atoms with Crippen molar-refractivity contribution >= 4 is 27.6 Å². The molecule has 11 nitrogen and oxygen atoms in total. The fourth-order valence-corrected chi connectivity index (χ4v) is 6.07. The summed E-state index contributed by atoms with van der Waals surface area (Å²) in [5.74, 6) is -1.04. The molecule has 0 fully saturated rings. The first-order chi connectivity index (χ1) is 17.7. The van der Waals surface area contributed by atoms with Gasteiger partial charge >= 0.3 is 11.9 Å². The highest BCUT2D eigenvalue weighted by atomic mass is 32.2. The SMILES string of the molecule is CCOC(=O)[C@@H](C)C[C@H]1CN(S(=O)(=O)c2c(OC)nn(C)c2C)c2cc(CC(=O)OC(C)(C)C)ccc2O1. The molecule has 1 aromatic carbocycles. The maximum Gasteiger partial charge on any atom is 0.310 e. The molecule has 2 aromatic rings. The Bertz CT molecular complexity index is 1300. The third-order valence-electron chi connectivity index (χ3n) is 6.02. The first-order valence-electron chi connectivity index (χ1n) is 12.5. The van der Waals surface area contributed by atoms with Crippen molar-refractivity contribution in [2.75, 3.05) is 24.6 Å². The van der Waals surface area contributed by atoms with Crippen LogP contribution in [-0.2, 0) is 42.6 Å². The molecule has 38 heavy (non-hydrogen) atoms. The monoisotopic (exact) mass is 551 g/mol. The maximum absolute atomic E-state index is 14.1. The van der Waals surface area contributed by atoms with E-state index in [0.29, 0.717) is 17.0 Å². The van der Waals surface area contributed by atoms with Crippen molar-refractivity contribution in [3.05, 3.63) is 29.5 Å². The van der Waals surface area contributed by atoms with E-state index in [-0.39, 0.29) is 48.4 Å². The highest BCUT2D eigenvalue weighted by Gasteiger charge is 2.40. The molecule has 1 aromatic heterocycles. The summed E-state index contributed by atoms with van der Waals surface area (Å²) in [5.41, 5.74) is 0.587. The second-order valence-electron chi connectivity index (χ2n) is 10.3. The molecule has 0 bridgehead atoms. The third-order valence-corrected chi connectivity index (χ3v) is 7.93. The lowest BCUT2D eigenvalue weighted by Crippen LogP contribution is -2.45. The van der Waals surface area contributed by atoms with Gasteiger partial charge in [-0.15, -0.1) is 5.10 Å². The molecule has 0 saturated carbocycles. The Hall–Kier alpha value is -3.28. The summed E-state index contributed by atoms with van der Waals surface area (Å²) in [4.78, 5) is 24.7. The van der Waals surface area contributed by atoms with E-state index < -0.39 is 33.6 Å². The van der Waals surface area contributed by atoms with Crippen molar-refractivity contribution in [1.29, 1.82) is 0 Å². The number of hydrogen-bond donors (Lipinski definition) is 0. The average molecular weight is 552 g/mol. The number of benzene rings is 1. The number of carbonyl (C=O) groups excluding carboxylic acids is 2. The number of methoxy groups -OCH3 is 1. The molecule has 2 atom stereocenters. The molecule has 1 aliphatic heterocycles. The van der Waals surface area contributed by atoms with Crippen LogP contribution in [0.2, 0.25) is 0 Å².